The first-order chi connectivity index (χ1) is 9.93. The Hall–Kier alpha value is -2.18. The van der Waals surface area contributed by atoms with E-state index in [0.717, 1.165) is 6.42 Å². The molecule has 0 radical (unpaired) electrons. The third kappa shape index (κ3) is 5.76. The van der Waals surface area contributed by atoms with Crippen molar-refractivity contribution < 1.29 is 23.1 Å². The van der Waals surface area contributed by atoms with Crippen LogP contribution in [0, 0.1) is 0 Å². The van der Waals surface area contributed by atoms with Crippen molar-refractivity contribution in [1.82, 2.24) is 10.6 Å². The number of rotatable bonds is 7. The molecule has 2 N–H and O–H groups in total. The lowest BCUT2D eigenvalue weighted by molar-refractivity contribution is -0.122. The normalized spacial score (nSPS) is 11.9. The summed E-state index contributed by atoms with van der Waals surface area (Å²) in [6, 6.07) is 4.56. The van der Waals surface area contributed by atoms with Crippen LogP contribution in [0.4, 0.5) is 8.78 Å². The standard InChI is InChI=1S/C14H18F2N2O3/c1-3-8-17-12(19)9(2)18-13(20)10-4-6-11(7-5-10)21-14(15)16/h4-7,9,14H,3,8H2,1-2H3,(H,17,19)(H,18,20)/t9-/m1/s1. The van der Waals surface area contributed by atoms with Crippen LogP contribution >= 0.6 is 0 Å². The molecule has 2 amide bonds. The van der Waals surface area contributed by atoms with E-state index in [-0.39, 0.29) is 17.2 Å². The van der Waals surface area contributed by atoms with Crippen molar-refractivity contribution in [2.45, 2.75) is 32.9 Å². The maximum atomic E-state index is 12.0. The van der Waals surface area contributed by atoms with Crippen molar-refractivity contribution >= 4 is 11.8 Å². The van der Waals surface area contributed by atoms with Crippen LogP contribution in [0.15, 0.2) is 24.3 Å². The van der Waals surface area contributed by atoms with Crippen LogP contribution < -0.4 is 15.4 Å². The highest BCUT2D eigenvalue weighted by molar-refractivity contribution is 5.97. The fourth-order valence-corrected chi connectivity index (χ4v) is 1.53. The van der Waals surface area contributed by atoms with E-state index in [1.54, 1.807) is 6.92 Å². The summed E-state index contributed by atoms with van der Waals surface area (Å²) in [6.45, 7) is 1.12. The molecular weight excluding hydrogens is 282 g/mol. The third-order valence-electron chi connectivity index (χ3n) is 2.63. The zero-order chi connectivity index (χ0) is 15.8. The second kappa shape index (κ2) is 8.18. The first kappa shape index (κ1) is 16.9. The van der Waals surface area contributed by atoms with E-state index < -0.39 is 18.6 Å². The molecule has 0 saturated carbocycles. The molecule has 5 nitrogen and oxygen atoms in total. The van der Waals surface area contributed by atoms with Gasteiger partial charge in [0.05, 0.1) is 0 Å². The van der Waals surface area contributed by atoms with Crippen LogP contribution in [0.3, 0.4) is 0 Å². The molecular formula is C14H18F2N2O3. The topological polar surface area (TPSA) is 67.4 Å². The van der Waals surface area contributed by atoms with Gasteiger partial charge in [-0.1, -0.05) is 6.92 Å². The maximum absolute atomic E-state index is 12.0. The van der Waals surface area contributed by atoms with Crippen molar-refractivity contribution in [2.75, 3.05) is 6.54 Å². The molecule has 1 atom stereocenters. The molecule has 116 valence electrons. The summed E-state index contributed by atoms with van der Waals surface area (Å²) >= 11 is 0. The molecule has 1 aromatic rings. The van der Waals surface area contributed by atoms with Gasteiger partial charge in [-0.2, -0.15) is 8.78 Å². The fourth-order valence-electron chi connectivity index (χ4n) is 1.53. The maximum Gasteiger partial charge on any atom is 0.387 e. The zero-order valence-corrected chi connectivity index (χ0v) is 11.9. The van der Waals surface area contributed by atoms with Gasteiger partial charge in [0.15, 0.2) is 0 Å². The Bertz CT molecular complexity index is 478. The van der Waals surface area contributed by atoms with Gasteiger partial charge in [-0.3, -0.25) is 9.59 Å². The number of halogens is 2. The lowest BCUT2D eigenvalue weighted by Gasteiger charge is -2.14. The summed E-state index contributed by atoms with van der Waals surface area (Å²) < 4.78 is 28.2. The lowest BCUT2D eigenvalue weighted by Crippen LogP contribution is -2.44. The minimum atomic E-state index is -2.91. The molecule has 0 saturated heterocycles. The van der Waals surface area contributed by atoms with Gasteiger partial charge >= 0.3 is 6.61 Å². The van der Waals surface area contributed by atoms with E-state index in [1.165, 1.54) is 24.3 Å². The Labute approximate surface area is 121 Å². The fraction of sp³-hybridized carbons (Fsp3) is 0.429. The molecule has 0 aliphatic heterocycles. The minimum Gasteiger partial charge on any atom is -0.435 e. The quantitative estimate of drug-likeness (QED) is 0.808. The smallest absolute Gasteiger partial charge is 0.387 e. The number of hydrogen-bond acceptors (Lipinski definition) is 3. The summed E-state index contributed by atoms with van der Waals surface area (Å²) in [5.41, 5.74) is 0.256. The highest BCUT2D eigenvalue weighted by atomic mass is 19.3. The van der Waals surface area contributed by atoms with Crippen molar-refractivity contribution in [3.8, 4) is 5.75 Å². The van der Waals surface area contributed by atoms with Gasteiger partial charge in [0.1, 0.15) is 11.8 Å². The SMILES string of the molecule is CCCNC(=O)[C@@H](C)NC(=O)c1ccc(OC(F)F)cc1. The highest BCUT2D eigenvalue weighted by Gasteiger charge is 2.16. The molecule has 1 aromatic carbocycles. The van der Waals surface area contributed by atoms with Gasteiger partial charge in [0.2, 0.25) is 5.91 Å². The van der Waals surface area contributed by atoms with E-state index in [9.17, 15) is 18.4 Å². The molecule has 0 aliphatic carbocycles. The number of ether oxygens (including phenoxy) is 1. The lowest BCUT2D eigenvalue weighted by atomic mass is 10.2. The summed E-state index contributed by atoms with van der Waals surface area (Å²) in [5.74, 6) is -0.768. The molecule has 0 fully saturated rings. The van der Waals surface area contributed by atoms with Gasteiger partial charge in [0.25, 0.3) is 5.91 Å². The molecule has 0 heterocycles. The van der Waals surface area contributed by atoms with Crippen LogP contribution in [0.1, 0.15) is 30.6 Å². The van der Waals surface area contributed by atoms with Crippen molar-refractivity contribution in [3.63, 3.8) is 0 Å². The number of hydrogen-bond donors (Lipinski definition) is 2. The second-order valence-corrected chi connectivity index (χ2v) is 4.39. The average Bonchev–Trinajstić information content (AvgIpc) is 2.44. The number of carbonyl (C=O) groups is 2. The number of alkyl halides is 2. The highest BCUT2D eigenvalue weighted by Crippen LogP contribution is 2.14. The molecule has 21 heavy (non-hydrogen) atoms. The van der Waals surface area contributed by atoms with Crippen LogP contribution in [-0.2, 0) is 4.79 Å². The monoisotopic (exact) mass is 300 g/mol. The van der Waals surface area contributed by atoms with E-state index in [4.69, 9.17) is 0 Å². The average molecular weight is 300 g/mol. The first-order valence-electron chi connectivity index (χ1n) is 6.57. The number of carbonyl (C=O) groups excluding carboxylic acids is 2. The van der Waals surface area contributed by atoms with Gasteiger partial charge < -0.3 is 15.4 Å². The van der Waals surface area contributed by atoms with Crippen LogP contribution in [0.5, 0.6) is 5.75 Å². The molecule has 0 unspecified atom stereocenters. The number of benzene rings is 1. The molecule has 0 aromatic heterocycles. The Balaban J connectivity index is 2.57. The zero-order valence-electron chi connectivity index (χ0n) is 11.9. The first-order valence-corrected chi connectivity index (χ1v) is 6.57. The Morgan fingerprint density at radius 1 is 1.24 bits per heavy atom. The molecule has 0 aliphatic rings. The third-order valence-corrected chi connectivity index (χ3v) is 2.63. The van der Waals surface area contributed by atoms with Gasteiger partial charge in [0, 0.05) is 12.1 Å². The van der Waals surface area contributed by atoms with Crippen molar-refractivity contribution in [1.29, 1.82) is 0 Å². The predicted molar refractivity (Wildman–Crippen MR) is 73.3 cm³/mol. The van der Waals surface area contributed by atoms with Crippen molar-refractivity contribution in [2.24, 2.45) is 0 Å². The van der Waals surface area contributed by atoms with E-state index >= 15 is 0 Å². The van der Waals surface area contributed by atoms with E-state index in [0.29, 0.717) is 6.54 Å². The second-order valence-electron chi connectivity index (χ2n) is 4.39. The summed E-state index contributed by atoms with van der Waals surface area (Å²) in [7, 11) is 0. The van der Waals surface area contributed by atoms with Gasteiger partial charge in [-0.25, -0.2) is 0 Å². The van der Waals surface area contributed by atoms with Gasteiger partial charge in [-0.15, -0.1) is 0 Å². The molecule has 0 bridgehead atoms. The van der Waals surface area contributed by atoms with Crippen LogP contribution in [-0.4, -0.2) is 31.0 Å². The van der Waals surface area contributed by atoms with E-state index in [1.807, 2.05) is 6.92 Å². The summed E-state index contributed by atoms with van der Waals surface area (Å²) in [6.07, 6.45) is 0.804. The Morgan fingerprint density at radius 2 is 1.86 bits per heavy atom. The molecule has 7 heteroatoms. The summed E-state index contributed by atoms with van der Waals surface area (Å²) in [5, 5.41) is 5.19. The molecule has 0 spiro atoms. The summed E-state index contributed by atoms with van der Waals surface area (Å²) in [4.78, 5) is 23.5. The number of nitrogens with one attached hydrogen (secondary N) is 2. The number of amides is 2. The van der Waals surface area contributed by atoms with Crippen LogP contribution in [0.2, 0.25) is 0 Å². The Kier molecular flexibility index (Phi) is 6.58. The molecule has 1 rings (SSSR count). The van der Waals surface area contributed by atoms with Crippen LogP contribution in [0.25, 0.3) is 0 Å². The van der Waals surface area contributed by atoms with Crippen molar-refractivity contribution in [3.05, 3.63) is 29.8 Å². The Morgan fingerprint density at radius 3 is 2.38 bits per heavy atom. The van der Waals surface area contributed by atoms with Gasteiger partial charge in [-0.05, 0) is 37.6 Å². The minimum absolute atomic E-state index is 0.0321. The predicted octanol–water partition coefficient (Wildman–Crippen LogP) is 1.93. The van der Waals surface area contributed by atoms with E-state index in [2.05, 4.69) is 15.4 Å². The largest absolute Gasteiger partial charge is 0.435 e.